The van der Waals surface area contributed by atoms with E-state index >= 15 is 0 Å². The lowest BCUT2D eigenvalue weighted by Gasteiger charge is -2.55. The molecule has 3 heterocycles. The number of alkyl halides is 3. The van der Waals surface area contributed by atoms with Crippen LogP contribution >= 0.6 is 0 Å². The summed E-state index contributed by atoms with van der Waals surface area (Å²) in [4.78, 5) is 0. The lowest BCUT2D eigenvalue weighted by atomic mass is 9.77. The Morgan fingerprint density at radius 3 is 1.96 bits per heavy atom. The van der Waals surface area contributed by atoms with E-state index in [2.05, 4.69) is 6.92 Å². The third-order valence-corrected chi connectivity index (χ3v) is 5.74. The van der Waals surface area contributed by atoms with Gasteiger partial charge in [0.05, 0.1) is 25.7 Å². The van der Waals surface area contributed by atoms with Crippen LogP contribution in [0.1, 0.15) is 58.3 Å². The van der Waals surface area contributed by atoms with E-state index in [4.69, 9.17) is 14.2 Å². The Bertz CT molecular complexity index is 378. The van der Waals surface area contributed by atoms with Gasteiger partial charge in [-0.3, -0.25) is 0 Å². The molecule has 3 saturated heterocycles. The van der Waals surface area contributed by atoms with Gasteiger partial charge in [-0.1, -0.05) is 26.2 Å². The van der Waals surface area contributed by atoms with Gasteiger partial charge < -0.3 is 14.2 Å². The van der Waals surface area contributed by atoms with Crippen LogP contribution in [-0.4, -0.2) is 32.0 Å². The zero-order valence-corrected chi connectivity index (χ0v) is 13.8. The SMILES string of the molecule is CCCCCC12COC(C3CCC(C(F)(F)F)CC3)(OC1)OC2. The first-order valence-corrected chi connectivity index (χ1v) is 8.88. The van der Waals surface area contributed by atoms with Gasteiger partial charge >= 0.3 is 6.18 Å². The highest BCUT2D eigenvalue weighted by Gasteiger charge is 2.57. The summed E-state index contributed by atoms with van der Waals surface area (Å²) in [5.41, 5.74) is -0.0555. The molecular weight excluding hydrogens is 309 g/mol. The minimum Gasteiger partial charge on any atom is -0.326 e. The molecule has 0 aromatic carbocycles. The van der Waals surface area contributed by atoms with E-state index in [1.807, 2.05) is 0 Å². The van der Waals surface area contributed by atoms with Crippen molar-refractivity contribution in [3.05, 3.63) is 0 Å². The van der Waals surface area contributed by atoms with Crippen molar-refractivity contribution in [2.75, 3.05) is 19.8 Å². The van der Waals surface area contributed by atoms with Crippen molar-refractivity contribution in [1.82, 2.24) is 0 Å². The molecule has 0 aromatic heterocycles. The van der Waals surface area contributed by atoms with Crippen LogP contribution in [0.15, 0.2) is 0 Å². The minimum absolute atomic E-state index is 0.0555. The highest BCUT2D eigenvalue weighted by atomic mass is 19.4. The molecule has 3 nitrogen and oxygen atoms in total. The van der Waals surface area contributed by atoms with Crippen LogP contribution in [0, 0.1) is 17.3 Å². The Labute approximate surface area is 135 Å². The molecule has 0 aromatic rings. The van der Waals surface area contributed by atoms with Crippen molar-refractivity contribution in [2.45, 2.75) is 70.4 Å². The monoisotopic (exact) mass is 336 g/mol. The van der Waals surface area contributed by atoms with Gasteiger partial charge in [0, 0.05) is 11.3 Å². The van der Waals surface area contributed by atoms with E-state index in [0.717, 1.165) is 12.8 Å². The summed E-state index contributed by atoms with van der Waals surface area (Å²) in [6, 6.07) is 0. The number of fused-ring (bicyclic) bond motifs is 3. The Morgan fingerprint density at radius 1 is 0.913 bits per heavy atom. The topological polar surface area (TPSA) is 27.7 Å². The fraction of sp³-hybridized carbons (Fsp3) is 1.00. The normalized spacial score (nSPS) is 41.2. The molecule has 0 spiro atoms. The van der Waals surface area contributed by atoms with Crippen LogP contribution in [0.2, 0.25) is 0 Å². The molecule has 0 atom stereocenters. The second kappa shape index (κ2) is 6.52. The molecule has 1 saturated carbocycles. The number of unbranched alkanes of at least 4 members (excludes halogenated alkanes) is 2. The average molecular weight is 336 g/mol. The first-order chi connectivity index (χ1) is 10.9. The van der Waals surface area contributed by atoms with Gasteiger partial charge in [-0.25, -0.2) is 0 Å². The van der Waals surface area contributed by atoms with Gasteiger partial charge in [0.1, 0.15) is 0 Å². The van der Waals surface area contributed by atoms with Gasteiger partial charge in [-0.2, -0.15) is 13.2 Å². The van der Waals surface area contributed by atoms with E-state index in [9.17, 15) is 13.2 Å². The molecule has 0 amide bonds. The van der Waals surface area contributed by atoms with Crippen molar-refractivity contribution in [3.63, 3.8) is 0 Å². The molecule has 0 unspecified atom stereocenters. The lowest BCUT2D eigenvalue weighted by Crippen LogP contribution is -2.63. The maximum absolute atomic E-state index is 12.8. The largest absolute Gasteiger partial charge is 0.391 e. The zero-order chi connectivity index (χ0) is 16.6. The molecule has 0 N–H and O–H groups in total. The second-order valence-corrected chi connectivity index (χ2v) is 7.52. The summed E-state index contributed by atoms with van der Waals surface area (Å²) in [7, 11) is 0. The van der Waals surface area contributed by atoms with Crippen LogP contribution in [0.4, 0.5) is 13.2 Å². The van der Waals surface area contributed by atoms with Crippen LogP contribution < -0.4 is 0 Å². The van der Waals surface area contributed by atoms with E-state index in [0.29, 0.717) is 32.7 Å². The van der Waals surface area contributed by atoms with Crippen molar-refractivity contribution < 1.29 is 27.4 Å². The summed E-state index contributed by atoms with van der Waals surface area (Å²) in [6.07, 6.45) is 1.63. The molecule has 4 rings (SSSR count). The molecular formula is C17H27F3O3. The van der Waals surface area contributed by atoms with Crippen molar-refractivity contribution in [2.24, 2.45) is 17.3 Å². The van der Waals surface area contributed by atoms with Crippen molar-refractivity contribution >= 4 is 0 Å². The maximum Gasteiger partial charge on any atom is 0.391 e. The van der Waals surface area contributed by atoms with Crippen LogP contribution in [0.25, 0.3) is 0 Å². The quantitative estimate of drug-likeness (QED) is 0.684. The van der Waals surface area contributed by atoms with E-state index in [1.54, 1.807) is 0 Å². The first kappa shape index (κ1) is 17.5. The minimum atomic E-state index is -4.08. The predicted octanol–water partition coefficient (Wildman–Crippen LogP) is 4.65. The number of rotatable bonds is 5. The summed E-state index contributed by atoms with van der Waals surface area (Å²) in [6.45, 7) is 3.99. The fourth-order valence-corrected chi connectivity index (χ4v) is 4.11. The fourth-order valence-electron chi connectivity index (χ4n) is 4.11. The summed E-state index contributed by atoms with van der Waals surface area (Å²) >= 11 is 0. The second-order valence-electron chi connectivity index (χ2n) is 7.52. The lowest BCUT2D eigenvalue weighted by molar-refractivity contribution is -0.489. The molecule has 3 aliphatic heterocycles. The number of halogens is 3. The Balaban J connectivity index is 1.54. The van der Waals surface area contributed by atoms with Gasteiger partial charge in [0.15, 0.2) is 0 Å². The number of hydrogen-bond acceptors (Lipinski definition) is 3. The Morgan fingerprint density at radius 2 is 1.48 bits per heavy atom. The molecule has 2 bridgehead atoms. The molecule has 23 heavy (non-hydrogen) atoms. The molecule has 1 aliphatic carbocycles. The van der Waals surface area contributed by atoms with Gasteiger partial charge in [0.25, 0.3) is 5.97 Å². The third kappa shape index (κ3) is 3.54. The van der Waals surface area contributed by atoms with Gasteiger partial charge in [-0.05, 0) is 32.1 Å². The smallest absolute Gasteiger partial charge is 0.326 e. The third-order valence-electron chi connectivity index (χ3n) is 5.74. The Hall–Kier alpha value is -0.330. The summed E-state index contributed by atoms with van der Waals surface area (Å²) in [5, 5.41) is 0. The van der Waals surface area contributed by atoms with Crippen molar-refractivity contribution in [1.29, 1.82) is 0 Å². The average Bonchev–Trinajstić information content (AvgIpc) is 2.56. The summed E-state index contributed by atoms with van der Waals surface area (Å²) in [5.74, 6) is -2.35. The predicted molar refractivity (Wildman–Crippen MR) is 78.7 cm³/mol. The number of hydrogen-bond donors (Lipinski definition) is 0. The molecule has 134 valence electrons. The van der Waals surface area contributed by atoms with E-state index < -0.39 is 18.1 Å². The van der Waals surface area contributed by atoms with Crippen LogP contribution in [0.5, 0.6) is 0 Å². The van der Waals surface area contributed by atoms with Crippen LogP contribution in [0.3, 0.4) is 0 Å². The van der Waals surface area contributed by atoms with Gasteiger partial charge in [0.2, 0.25) is 0 Å². The molecule has 4 aliphatic rings. The molecule has 0 radical (unpaired) electrons. The highest BCUT2D eigenvalue weighted by Crippen LogP contribution is 2.50. The number of ether oxygens (including phenoxy) is 3. The van der Waals surface area contributed by atoms with Crippen LogP contribution in [-0.2, 0) is 14.2 Å². The Kier molecular flexibility index (Phi) is 4.96. The maximum atomic E-state index is 12.8. The summed E-state index contributed by atoms with van der Waals surface area (Å²) < 4.78 is 56.2. The van der Waals surface area contributed by atoms with E-state index in [-0.39, 0.29) is 24.2 Å². The first-order valence-electron chi connectivity index (χ1n) is 8.88. The van der Waals surface area contributed by atoms with Gasteiger partial charge in [-0.15, -0.1) is 0 Å². The van der Waals surface area contributed by atoms with Crippen molar-refractivity contribution in [3.8, 4) is 0 Å². The molecule has 6 heteroatoms. The molecule has 4 fully saturated rings. The van der Waals surface area contributed by atoms with E-state index in [1.165, 1.54) is 12.8 Å². The zero-order valence-electron chi connectivity index (χ0n) is 13.8. The highest BCUT2D eigenvalue weighted by molar-refractivity contribution is 4.92. The standard InChI is InChI=1S/C17H27F3O3/c1-2-3-4-9-15-10-21-17(22-11-15,23-12-15)14-7-5-13(6-8-14)16(18,19)20/h13-14H,2-12H2,1H3.